The Hall–Kier alpha value is -1.13. The van der Waals surface area contributed by atoms with Gasteiger partial charge in [0.15, 0.2) is 0 Å². The summed E-state index contributed by atoms with van der Waals surface area (Å²) in [6.45, 7) is -0.520. The largest absolute Gasteiger partial charge is 0.345 e. The van der Waals surface area contributed by atoms with Crippen molar-refractivity contribution in [3.05, 3.63) is 0 Å². The average molecular weight is 214 g/mol. The van der Waals surface area contributed by atoms with Crippen LogP contribution in [0.1, 0.15) is 25.7 Å². The van der Waals surface area contributed by atoms with Gasteiger partial charge in [-0.05, 0) is 12.8 Å². The second kappa shape index (κ2) is 3.79. The van der Waals surface area contributed by atoms with Crippen LogP contribution in [0.15, 0.2) is 0 Å². The van der Waals surface area contributed by atoms with Crippen LogP contribution in [0.4, 0.5) is 4.39 Å². The first kappa shape index (κ1) is 10.4. The van der Waals surface area contributed by atoms with Gasteiger partial charge in [-0.1, -0.05) is 12.8 Å². The summed E-state index contributed by atoms with van der Waals surface area (Å²) in [5.41, 5.74) is -0.735. The molecule has 84 valence electrons. The van der Waals surface area contributed by atoms with Crippen molar-refractivity contribution in [2.75, 3.05) is 19.8 Å². The van der Waals surface area contributed by atoms with E-state index in [9.17, 15) is 14.0 Å². The van der Waals surface area contributed by atoms with Gasteiger partial charge in [0.1, 0.15) is 12.2 Å². The Labute approximate surface area is 87.8 Å². The zero-order chi connectivity index (χ0) is 10.9. The van der Waals surface area contributed by atoms with Crippen molar-refractivity contribution in [2.24, 2.45) is 0 Å². The molecule has 1 saturated heterocycles. The number of hydrogen-bond donors (Lipinski definition) is 1. The first-order valence-corrected chi connectivity index (χ1v) is 5.35. The molecule has 1 aliphatic heterocycles. The third-order valence-electron chi connectivity index (χ3n) is 3.38. The molecule has 1 aliphatic carbocycles. The van der Waals surface area contributed by atoms with Gasteiger partial charge < -0.3 is 10.2 Å². The number of nitrogens with zero attached hydrogens (tertiary/aromatic N) is 1. The third kappa shape index (κ3) is 1.50. The summed E-state index contributed by atoms with van der Waals surface area (Å²) in [5, 5.41) is 2.60. The number of amides is 2. The summed E-state index contributed by atoms with van der Waals surface area (Å²) in [6, 6.07) is 0. The predicted octanol–water partition coefficient (Wildman–Crippen LogP) is 0.227. The van der Waals surface area contributed by atoms with Crippen LogP contribution in [0.25, 0.3) is 0 Å². The molecule has 0 atom stereocenters. The van der Waals surface area contributed by atoms with E-state index in [2.05, 4.69) is 5.32 Å². The number of rotatable bonds is 2. The Bertz CT molecular complexity index is 287. The van der Waals surface area contributed by atoms with Gasteiger partial charge in [0, 0.05) is 0 Å². The molecule has 0 aromatic heterocycles. The van der Waals surface area contributed by atoms with Crippen LogP contribution in [0.2, 0.25) is 0 Å². The van der Waals surface area contributed by atoms with Gasteiger partial charge in [-0.15, -0.1) is 0 Å². The van der Waals surface area contributed by atoms with Crippen molar-refractivity contribution in [1.82, 2.24) is 10.2 Å². The van der Waals surface area contributed by atoms with Crippen molar-refractivity contribution in [2.45, 2.75) is 31.2 Å². The number of piperazine rings is 1. The van der Waals surface area contributed by atoms with Crippen LogP contribution in [0.3, 0.4) is 0 Å². The van der Waals surface area contributed by atoms with E-state index in [1.807, 2.05) is 0 Å². The predicted molar refractivity (Wildman–Crippen MR) is 51.9 cm³/mol. The van der Waals surface area contributed by atoms with Gasteiger partial charge in [0.05, 0.1) is 13.1 Å². The monoisotopic (exact) mass is 214 g/mol. The standard InChI is InChI=1S/C10H15FN2O2/c11-5-6-13-8(14)7-12-9(15)10(13)3-1-2-4-10/h1-7H2,(H,12,15). The molecule has 1 spiro atoms. The lowest BCUT2D eigenvalue weighted by atomic mass is 9.91. The topological polar surface area (TPSA) is 49.4 Å². The molecule has 2 fully saturated rings. The van der Waals surface area contributed by atoms with E-state index < -0.39 is 12.2 Å². The van der Waals surface area contributed by atoms with E-state index in [1.54, 1.807) is 0 Å². The number of nitrogens with one attached hydrogen (secondary N) is 1. The van der Waals surface area contributed by atoms with Gasteiger partial charge >= 0.3 is 0 Å². The number of carbonyl (C=O) groups is 2. The Balaban J connectivity index is 2.27. The molecule has 1 N–H and O–H groups in total. The maximum Gasteiger partial charge on any atom is 0.246 e. The number of halogens is 1. The minimum absolute atomic E-state index is 0.0145. The smallest absolute Gasteiger partial charge is 0.246 e. The first-order chi connectivity index (χ1) is 7.20. The quantitative estimate of drug-likeness (QED) is 0.715. The first-order valence-electron chi connectivity index (χ1n) is 5.35. The van der Waals surface area contributed by atoms with E-state index in [1.165, 1.54) is 4.90 Å². The summed E-state index contributed by atoms with van der Waals surface area (Å²) in [5.74, 6) is -0.262. The minimum atomic E-state index is -0.735. The maximum atomic E-state index is 12.4. The summed E-state index contributed by atoms with van der Waals surface area (Å²) in [7, 11) is 0. The highest BCUT2D eigenvalue weighted by Gasteiger charge is 2.50. The molecule has 0 bridgehead atoms. The Kier molecular flexibility index (Phi) is 2.63. The molecule has 2 aliphatic rings. The molecule has 2 amide bonds. The van der Waals surface area contributed by atoms with Crippen molar-refractivity contribution < 1.29 is 14.0 Å². The molecular weight excluding hydrogens is 199 g/mol. The number of carbonyl (C=O) groups excluding carboxylic acids is 2. The highest BCUT2D eigenvalue weighted by molar-refractivity contribution is 5.98. The maximum absolute atomic E-state index is 12.4. The van der Waals surface area contributed by atoms with E-state index in [4.69, 9.17) is 0 Å². The lowest BCUT2D eigenvalue weighted by Gasteiger charge is -2.43. The van der Waals surface area contributed by atoms with Crippen molar-refractivity contribution in [3.63, 3.8) is 0 Å². The zero-order valence-electron chi connectivity index (χ0n) is 8.59. The third-order valence-corrected chi connectivity index (χ3v) is 3.38. The van der Waals surface area contributed by atoms with Gasteiger partial charge in [0.25, 0.3) is 0 Å². The molecule has 5 heteroatoms. The van der Waals surface area contributed by atoms with Crippen LogP contribution in [-0.4, -0.2) is 42.0 Å². The van der Waals surface area contributed by atoms with E-state index in [0.29, 0.717) is 12.8 Å². The molecule has 0 radical (unpaired) electrons. The molecule has 1 heterocycles. The molecule has 0 unspecified atom stereocenters. The van der Waals surface area contributed by atoms with Crippen molar-refractivity contribution in [1.29, 1.82) is 0 Å². The highest BCUT2D eigenvalue weighted by Crippen LogP contribution is 2.36. The highest BCUT2D eigenvalue weighted by atomic mass is 19.1. The van der Waals surface area contributed by atoms with Crippen LogP contribution in [0.5, 0.6) is 0 Å². The molecule has 0 aromatic rings. The van der Waals surface area contributed by atoms with Crippen molar-refractivity contribution >= 4 is 11.8 Å². The fourth-order valence-corrected chi connectivity index (χ4v) is 2.66. The van der Waals surface area contributed by atoms with Gasteiger partial charge in [-0.25, -0.2) is 4.39 Å². The van der Waals surface area contributed by atoms with E-state index in [-0.39, 0.29) is 24.9 Å². The Morgan fingerprint density at radius 2 is 2.00 bits per heavy atom. The van der Waals surface area contributed by atoms with E-state index in [0.717, 1.165) is 12.8 Å². The van der Waals surface area contributed by atoms with Crippen molar-refractivity contribution in [3.8, 4) is 0 Å². The Morgan fingerprint density at radius 3 is 2.60 bits per heavy atom. The molecule has 4 nitrogen and oxygen atoms in total. The van der Waals surface area contributed by atoms with Crippen LogP contribution in [0, 0.1) is 0 Å². The number of hydrogen-bond acceptors (Lipinski definition) is 2. The average Bonchev–Trinajstić information content (AvgIpc) is 2.70. The van der Waals surface area contributed by atoms with Crippen LogP contribution in [-0.2, 0) is 9.59 Å². The van der Waals surface area contributed by atoms with Crippen LogP contribution < -0.4 is 5.32 Å². The fraction of sp³-hybridized carbons (Fsp3) is 0.800. The summed E-state index contributed by atoms with van der Waals surface area (Å²) in [6.07, 6.45) is 3.21. The summed E-state index contributed by atoms with van der Waals surface area (Å²) < 4.78 is 12.4. The second-order valence-corrected chi connectivity index (χ2v) is 4.16. The minimum Gasteiger partial charge on any atom is -0.345 e. The van der Waals surface area contributed by atoms with Crippen LogP contribution >= 0.6 is 0 Å². The molecule has 2 rings (SSSR count). The van der Waals surface area contributed by atoms with Gasteiger partial charge in [-0.2, -0.15) is 0 Å². The SMILES string of the molecule is O=C1CNC(=O)C2(CCCC2)N1CCF. The Morgan fingerprint density at radius 1 is 1.33 bits per heavy atom. The summed E-state index contributed by atoms with van der Waals surface area (Å²) >= 11 is 0. The fourth-order valence-electron chi connectivity index (χ4n) is 2.66. The molecule has 15 heavy (non-hydrogen) atoms. The summed E-state index contributed by atoms with van der Waals surface area (Å²) in [4.78, 5) is 24.9. The zero-order valence-corrected chi connectivity index (χ0v) is 8.59. The van der Waals surface area contributed by atoms with E-state index >= 15 is 0 Å². The van der Waals surface area contributed by atoms with Gasteiger partial charge in [-0.3, -0.25) is 9.59 Å². The number of alkyl halides is 1. The molecule has 1 saturated carbocycles. The lowest BCUT2D eigenvalue weighted by Crippen LogP contribution is -2.66. The normalized spacial score (nSPS) is 24.7. The van der Waals surface area contributed by atoms with Gasteiger partial charge in [0.2, 0.25) is 11.8 Å². The molecular formula is C10H15FN2O2. The second-order valence-electron chi connectivity index (χ2n) is 4.16. The lowest BCUT2D eigenvalue weighted by molar-refractivity contribution is -0.153. The molecule has 0 aromatic carbocycles.